The third-order valence-corrected chi connectivity index (χ3v) is 5.96. The molecular weight excluding hydrogens is 476 g/mol. The first-order valence-corrected chi connectivity index (χ1v) is 12.7. The van der Waals surface area contributed by atoms with Gasteiger partial charge in [0, 0.05) is 21.9 Å². The highest BCUT2D eigenvalue weighted by molar-refractivity contribution is 6.13. The summed E-state index contributed by atoms with van der Waals surface area (Å²) >= 11 is 0. The Labute approximate surface area is 221 Å². The average molecular weight is 507 g/mol. The van der Waals surface area contributed by atoms with Gasteiger partial charge in [0.1, 0.15) is 33.7 Å². The lowest BCUT2D eigenvalue weighted by atomic mass is 10.1. The molecule has 0 atom stereocenters. The summed E-state index contributed by atoms with van der Waals surface area (Å²) in [6.07, 6.45) is 0. The SMILES string of the molecule is CC(C)(C)Oc1ccc(-c2nc3c(ccc4c3ccc3oc(-c5ccc(OC(C)(C)C)cc5)nc34)o2)cc1. The van der Waals surface area contributed by atoms with E-state index in [9.17, 15) is 0 Å². The minimum absolute atomic E-state index is 0.255. The van der Waals surface area contributed by atoms with Crippen LogP contribution in [0.4, 0.5) is 0 Å². The van der Waals surface area contributed by atoms with E-state index >= 15 is 0 Å². The molecule has 6 heteroatoms. The number of ether oxygens (including phenoxy) is 2. The predicted octanol–water partition coefficient (Wildman–Crippen LogP) is 8.81. The van der Waals surface area contributed by atoms with Crippen LogP contribution in [0.3, 0.4) is 0 Å². The molecule has 0 bridgehead atoms. The molecule has 0 aliphatic carbocycles. The summed E-state index contributed by atoms with van der Waals surface area (Å²) in [6.45, 7) is 12.2. The molecule has 0 spiro atoms. The van der Waals surface area contributed by atoms with Crippen LogP contribution in [0.5, 0.6) is 11.5 Å². The number of oxazole rings is 2. The number of fused-ring (bicyclic) bond motifs is 5. The zero-order valence-corrected chi connectivity index (χ0v) is 22.5. The van der Waals surface area contributed by atoms with Gasteiger partial charge < -0.3 is 18.3 Å². The van der Waals surface area contributed by atoms with Gasteiger partial charge in [-0.1, -0.05) is 0 Å². The number of nitrogens with zero attached hydrogens (tertiary/aromatic N) is 2. The zero-order valence-electron chi connectivity index (χ0n) is 22.5. The first-order valence-electron chi connectivity index (χ1n) is 12.7. The van der Waals surface area contributed by atoms with Crippen LogP contribution in [-0.2, 0) is 0 Å². The second-order valence-electron chi connectivity index (χ2n) is 11.4. The Morgan fingerprint density at radius 1 is 0.500 bits per heavy atom. The minimum Gasteiger partial charge on any atom is -0.488 e. The monoisotopic (exact) mass is 506 g/mol. The number of aromatic nitrogens is 2. The van der Waals surface area contributed by atoms with Gasteiger partial charge in [-0.2, -0.15) is 0 Å². The molecular formula is C32H30N2O4. The van der Waals surface area contributed by atoms with Crippen molar-refractivity contribution in [3.8, 4) is 34.4 Å². The van der Waals surface area contributed by atoms with Crippen molar-refractivity contribution in [2.45, 2.75) is 52.7 Å². The maximum absolute atomic E-state index is 6.13. The van der Waals surface area contributed by atoms with Gasteiger partial charge in [-0.15, -0.1) is 0 Å². The van der Waals surface area contributed by atoms with Gasteiger partial charge in [0.25, 0.3) is 0 Å². The summed E-state index contributed by atoms with van der Waals surface area (Å²) in [5, 5.41) is 1.93. The highest BCUT2D eigenvalue weighted by Gasteiger charge is 2.18. The van der Waals surface area contributed by atoms with Crippen LogP contribution < -0.4 is 9.47 Å². The van der Waals surface area contributed by atoms with E-state index in [1.807, 2.05) is 114 Å². The first-order chi connectivity index (χ1) is 18.0. The molecule has 6 nitrogen and oxygen atoms in total. The summed E-state index contributed by atoms with van der Waals surface area (Å²) < 4.78 is 24.1. The van der Waals surface area contributed by atoms with E-state index < -0.39 is 0 Å². The van der Waals surface area contributed by atoms with Gasteiger partial charge in [0.05, 0.1) is 0 Å². The van der Waals surface area contributed by atoms with Gasteiger partial charge in [0.2, 0.25) is 11.8 Å². The lowest BCUT2D eigenvalue weighted by Gasteiger charge is -2.21. The molecule has 0 saturated carbocycles. The Hall–Kier alpha value is -4.32. The van der Waals surface area contributed by atoms with E-state index in [0.717, 1.165) is 55.6 Å². The number of rotatable bonds is 4. The normalized spacial score (nSPS) is 12.5. The number of benzene rings is 4. The summed E-state index contributed by atoms with van der Waals surface area (Å²) in [4.78, 5) is 9.69. The molecule has 4 aromatic carbocycles. The van der Waals surface area contributed by atoms with Crippen molar-refractivity contribution in [3.05, 3.63) is 72.8 Å². The van der Waals surface area contributed by atoms with Crippen molar-refractivity contribution in [1.29, 1.82) is 0 Å². The third-order valence-electron chi connectivity index (χ3n) is 5.96. The molecule has 192 valence electrons. The smallest absolute Gasteiger partial charge is 0.227 e. The molecule has 6 aromatic rings. The van der Waals surface area contributed by atoms with E-state index in [4.69, 9.17) is 28.3 Å². The Kier molecular flexibility index (Phi) is 5.45. The Bertz CT molecular complexity index is 1630. The van der Waals surface area contributed by atoms with Crippen LogP contribution >= 0.6 is 0 Å². The molecule has 0 aliphatic heterocycles. The van der Waals surface area contributed by atoms with E-state index in [1.165, 1.54) is 0 Å². The lowest BCUT2D eigenvalue weighted by Crippen LogP contribution is -2.22. The van der Waals surface area contributed by atoms with E-state index in [1.54, 1.807) is 0 Å². The van der Waals surface area contributed by atoms with Gasteiger partial charge in [-0.25, -0.2) is 9.97 Å². The van der Waals surface area contributed by atoms with Crippen molar-refractivity contribution in [3.63, 3.8) is 0 Å². The fraction of sp³-hybridized carbons (Fsp3) is 0.250. The fourth-order valence-corrected chi connectivity index (χ4v) is 4.47. The average Bonchev–Trinajstić information content (AvgIpc) is 3.47. The van der Waals surface area contributed by atoms with Crippen molar-refractivity contribution < 1.29 is 18.3 Å². The minimum atomic E-state index is -0.255. The fourth-order valence-electron chi connectivity index (χ4n) is 4.47. The van der Waals surface area contributed by atoms with Crippen LogP contribution in [0.15, 0.2) is 81.6 Å². The van der Waals surface area contributed by atoms with Gasteiger partial charge in [0.15, 0.2) is 11.2 Å². The third kappa shape index (κ3) is 4.70. The van der Waals surface area contributed by atoms with Gasteiger partial charge in [-0.05, 0) is 114 Å². The molecule has 6 rings (SSSR count). The Morgan fingerprint density at radius 3 is 1.21 bits per heavy atom. The molecule has 0 aliphatic rings. The molecule has 2 aromatic heterocycles. The van der Waals surface area contributed by atoms with Gasteiger partial charge in [-0.3, -0.25) is 0 Å². The molecule has 38 heavy (non-hydrogen) atoms. The van der Waals surface area contributed by atoms with Crippen molar-refractivity contribution in [2.75, 3.05) is 0 Å². The second-order valence-corrected chi connectivity index (χ2v) is 11.4. The number of hydrogen-bond acceptors (Lipinski definition) is 6. The first kappa shape index (κ1) is 24.0. The molecule has 0 unspecified atom stereocenters. The maximum Gasteiger partial charge on any atom is 0.227 e. The molecule has 0 N–H and O–H groups in total. The second kappa shape index (κ2) is 8.62. The van der Waals surface area contributed by atoms with Crippen molar-refractivity contribution >= 4 is 33.0 Å². The molecule has 0 amide bonds. The number of hydrogen-bond donors (Lipinski definition) is 0. The van der Waals surface area contributed by atoms with Crippen molar-refractivity contribution in [2.24, 2.45) is 0 Å². The van der Waals surface area contributed by atoms with E-state index in [-0.39, 0.29) is 11.2 Å². The lowest BCUT2D eigenvalue weighted by molar-refractivity contribution is 0.130. The topological polar surface area (TPSA) is 70.5 Å². The highest BCUT2D eigenvalue weighted by Crippen LogP contribution is 2.36. The quantitative estimate of drug-likeness (QED) is 0.238. The zero-order chi connectivity index (χ0) is 26.7. The highest BCUT2D eigenvalue weighted by atomic mass is 16.5. The summed E-state index contributed by atoms with van der Waals surface area (Å²) in [6, 6.07) is 23.5. The standard InChI is InChI=1S/C32H30N2O4/c1-31(2,3)37-21-11-7-19(8-12-21)29-33-27-23-16-18-26-28(24(23)15-17-25(27)35-29)34-30(36-26)20-9-13-22(14-10-20)38-32(4,5)6/h7-18H,1-6H3. The van der Waals surface area contributed by atoms with Crippen molar-refractivity contribution in [1.82, 2.24) is 9.97 Å². The largest absolute Gasteiger partial charge is 0.488 e. The molecule has 0 fully saturated rings. The summed E-state index contributed by atoms with van der Waals surface area (Å²) in [7, 11) is 0. The molecule has 0 radical (unpaired) electrons. The molecule has 2 heterocycles. The van der Waals surface area contributed by atoms with Crippen LogP contribution in [0.2, 0.25) is 0 Å². The van der Waals surface area contributed by atoms with Crippen LogP contribution in [0, 0.1) is 0 Å². The van der Waals surface area contributed by atoms with Crippen LogP contribution in [0.25, 0.3) is 55.9 Å². The van der Waals surface area contributed by atoms with Crippen LogP contribution in [0.1, 0.15) is 41.5 Å². The van der Waals surface area contributed by atoms with E-state index in [0.29, 0.717) is 11.8 Å². The summed E-state index contributed by atoms with van der Waals surface area (Å²) in [5.41, 5.74) is 4.30. The molecule has 0 saturated heterocycles. The van der Waals surface area contributed by atoms with E-state index in [2.05, 4.69) is 0 Å². The Balaban J connectivity index is 1.36. The van der Waals surface area contributed by atoms with Crippen LogP contribution in [-0.4, -0.2) is 21.2 Å². The maximum atomic E-state index is 6.13. The summed E-state index contributed by atoms with van der Waals surface area (Å²) in [5.74, 6) is 2.74. The van der Waals surface area contributed by atoms with Gasteiger partial charge >= 0.3 is 0 Å². The Morgan fingerprint density at radius 2 is 0.868 bits per heavy atom. The predicted molar refractivity (Wildman–Crippen MR) is 151 cm³/mol.